The van der Waals surface area contributed by atoms with Crippen LogP contribution in [0.2, 0.25) is 0 Å². The summed E-state index contributed by atoms with van der Waals surface area (Å²) in [5.74, 6) is -1.29. The van der Waals surface area contributed by atoms with Gasteiger partial charge >= 0.3 is 5.97 Å². The predicted octanol–water partition coefficient (Wildman–Crippen LogP) is 0.566. The van der Waals surface area contributed by atoms with Gasteiger partial charge in [-0.25, -0.2) is 0 Å². The van der Waals surface area contributed by atoms with E-state index in [1.54, 1.807) is 13.8 Å². The molecule has 0 aromatic rings. The van der Waals surface area contributed by atoms with Gasteiger partial charge in [0.25, 0.3) is 0 Å². The number of thioether (sulfide) groups is 1. The first-order chi connectivity index (χ1) is 9.76. The van der Waals surface area contributed by atoms with Crippen LogP contribution in [0.3, 0.4) is 0 Å². The number of carbonyl (C=O) groups is 2. The van der Waals surface area contributed by atoms with Crippen molar-refractivity contribution < 1.29 is 14.7 Å². The van der Waals surface area contributed by atoms with Crippen LogP contribution in [0.25, 0.3) is 0 Å². The Kier molecular flexibility index (Phi) is 8.44. The van der Waals surface area contributed by atoms with Gasteiger partial charge in [0.05, 0.1) is 30.7 Å². The minimum absolute atomic E-state index is 0.0604. The molecule has 7 nitrogen and oxygen atoms in total. The third-order valence-corrected chi connectivity index (χ3v) is 4.31. The van der Waals surface area contributed by atoms with E-state index in [4.69, 9.17) is 21.4 Å². The number of nitriles is 2. The fourth-order valence-electron chi connectivity index (χ4n) is 1.46. The highest BCUT2D eigenvalue weighted by atomic mass is 32.2. The minimum Gasteiger partial charge on any atom is -0.480 e. The number of aliphatic carboxylic acids is 1. The largest absolute Gasteiger partial charge is 0.480 e. The Labute approximate surface area is 128 Å². The van der Waals surface area contributed by atoms with Crippen LogP contribution < -0.4 is 5.73 Å². The molecule has 0 fully saturated rings. The number of hydrogen-bond acceptors (Lipinski definition) is 6. The highest BCUT2D eigenvalue weighted by Gasteiger charge is 2.33. The van der Waals surface area contributed by atoms with E-state index >= 15 is 0 Å². The lowest BCUT2D eigenvalue weighted by atomic mass is 10.1. The van der Waals surface area contributed by atoms with Gasteiger partial charge in [-0.15, -0.1) is 11.8 Å². The number of amides is 1. The van der Waals surface area contributed by atoms with Crippen LogP contribution in [0.4, 0.5) is 0 Å². The number of carboxylic acids is 1. The van der Waals surface area contributed by atoms with Crippen molar-refractivity contribution in [3.05, 3.63) is 0 Å². The maximum Gasteiger partial charge on any atom is 0.321 e. The van der Waals surface area contributed by atoms with Crippen molar-refractivity contribution >= 4 is 23.6 Å². The Morgan fingerprint density at radius 2 is 1.76 bits per heavy atom. The smallest absolute Gasteiger partial charge is 0.321 e. The molecule has 0 radical (unpaired) electrons. The van der Waals surface area contributed by atoms with Crippen molar-refractivity contribution in [2.75, 3.05) is 18.8 Å². The number of rotatable bonds is 9. The van der Waals surface area contributed by atoms with Gasteiger partial charge in [-0.05, 0) is 13.8 Å². The molecule has 0 heterocycles. The van der Waals surface area contributed by atoms with E-state index < -0.39 is 16.8 Å². The molecule has 0 saturated carbocycles. The summed E-state index contributed by atoms with van der Waals surface area (Å²) >= 11 is 1.16. The Morgan fingerprint density at radius 3 is 2.14 bits per heavy atom. The van der Waals surface area contributed by atoms with Crippen LogP contribution in [0.5, 0.6) is 0 Å². The van der Waals surface area contributed by atoms with Crippen molar-refractivity contribution in [3.63, 3.8) is 0 Å². The molecule has 0 aromatic carbocycles. The lowest BCUT2D eigenvalue weighted by Crippen LogP contribution is -2.47. The van der Waals surface area contributed by atoms with E-state index in [-0.39, 0.29) is 37.6 Å². The SMILES string of the molecule is CC(C)(SCC(=O)N(CCC#N)CCC#N)[C@H](N)C(=O)O. The van der Waals surface area contributed by atoms with Gasteiger partial charge in [0.1, 0.15) is 6.04 Å². The fourth-order valence-corrected chi connectivity index (χ4v) is 2.42. The summed E-state index contributed by atoms with van der Waals surface area (Å²) in [6.07, 6.45) is 0.389. The third kappa shape index (κ3) is 6.98. The van der Waals surface area contributed by atoms with Crippen LogP contribution >= 0.6 is 11.8 Å². The second kappa shape index (κ2) is 9.22. The maximum absolute atomic E-state index is 12.1. The standard InChI is InChI=1S/C13H20N4O3S/c1-13(2,11(16)12(19)20)21-9-10(18)17(7-3-5-14)8-4-6-15/h11H,3-4,7-9,16H2,1-2H3,(H,19,20)/t11-/m1/s1. The number of nitrogens with zero attached hydrogens (tertiary/aromatic N) is 3. The predicted molar refractivity (Wildman–Crippen MR) is 79.2 cm³/mol. The van der Waals surface area contributed by atoms with Gasteiger partial charge in [0, 0.05) is 17.8 Å². The average molecular weight is 312 g/mol. The maximum atomic E-state index is 12.1. The van der Waals surface area contributed by atoms with E-state index in [0.29, 0.717) is 0 Å². The molecule has 0 aromatic heterocycles. The van der Waals surface area contributed by atoms with Gasteiger partial charge in [0.2, 0.25) is 5.91 Å². The summed E-state index contributed by atoms with van der Waals surface area (Å²) < 4.78 is -0.794. The van der Waals surface area contributed by atoms with Crippen LogP contribution in [-0.2, 0) is 9.59 Å². The average Bonchev–Trinajstić information content (AvgIpc) is 2.44. The summed E-state index contributed by atoms with van der Waals surface area (Å²) in [5.41, 5.74) is 5.59. The summed E-state index contributed by atoms with van der Waals surface area (Å²) in [6.45, 7) is 3.86. The van der Waals surface area contributed by atoms with Crippen LogP contribution in [-0.4, -0.2) is 51.5 Å². The van der Waals surface area contributed by atoms with Crippen LogP contribution in [0, 0.1) is 22.7 Å². The lowest BCUT2D eigenvalue weighted by Gasteiger charge is -2.29. The molecule has 0 bridgehead atoms. The zero-order valence-corrected chi connectivity index (χ0v) is 13.0. The molecule has 0 aliphatic carbocycles. The number of nitrogens with two attached hydrogens (primary N) is 1. The van der Waals surface area contributed by atoms with Gasteiger partial charge in [0.15, 0.2) is 0 Å². The van der Waals surface area contributed by atoms with Crippen molar-refractivity contribution in [2.45, 2.75) is 37.5 Å². The number of carboxylic acid groups (broad SMARTS) is 1. The number of carbonyl (C=O) groups excluding carboxylic acids is 1. The summed E-state index contributed by atoms with van der Waals surface area (Å²) in [4.78, 5) is 24.4. The molecule has 21 heavy (non-hydrogen) atoms. The lowest BCUT2D eigenvalue weighted by molar-refractivity contribution is -0.139. The highest BCUT2D eigenvalue weighted by molar-refractivity contribution is 8.01. The van der Waals surface area contributed by atoms with Gasteiger partial charge in [-0.3, -0.25) is 9.59 Å². The first kappa shape index (κ1) is 19.2. The summed E-state index contributed by atoms with van der Waals surface area (Å²) in [7, 11) is 0. The van der Waals surface area contributed by atoms with E-state index in [9.17, 15) is 9.59 Å². The molecule has 0 spiro atoms. The van der Waals surface area contributed by atoms with Gasteiger partial charge < -0.3 is 15.7 Å². The second-order valence-electron chi connectivity index (χ2n) is 4.91. The van der Waals surface area contributed by atoms with Gasteiger partial charge in [-0.1, -0.05) is 0 Å². The Bertz CT molecular complexity index is 435. The Hall–Kier alpha value is -1.77. The molecule has 0 aliphatic rings. The van der Waals surface area contributed by atoms with Crippen molar-refractivity contribution in [3.8, 4) is 12.1 Å². The highest BCUT2D eigenvalue weighted by Crippen LogP contribution is 2.27. The van der Waals surface area contributed by atoms with E-state index in [1.807, 2.05) is 12.1 Å². The molecule has 116 valence electrons. The quantitative estimate of drug-likeness (QED) is 0.636. The minimum atomic E-state index is -1.12. The molecule has 0 aliphatic heterocycles. The molecule has 3 N–H and O–H groups in total. The second-order valence-corrected chi connectivity index (χ2v) is 6.53. The Morgan fingerprint density at radius 1 is 1.29 bits per heavy atom. The molecule has 8 heteroatoms. The number of hydrogen-bond donors (Lipinski definition) is 2. The summed E-state index contributed by atoms with van der Waals surface area (Å²) in [6, 6.07) is 2.83. The molecule has 1 amide bonds. The van der Waals surface area contributed by atoms with Crippen molar-refractivity contribution in [1.29, 1.82) is 10.5 Å². The van der Waals surface area contributed by atoms with Crippen LogP contribution in [0.1, 0.15) is 26.7 Å². The normalized spacial score (nSPS) is 12.0. The zero-order valence-electron chi connectivity index (χ0n) is 12.2. The monoisotopic (exact) mass is 312 g/mol. The van der Waals surface area contributed by atoms with Crippen molar-refractivity contribution in [1.82, 2.24) is 4.90 Å². The van der Waals surface area contributed by atoms with Crippen molar-refractivity contribution in [2.24, 2.45) is 5.73 Å². The first-order valence-electron chi connectivity index (χ1n) is 6.40. The van der Waals surface area contributed by atoms with E-state index in [0.717, 1.165) is 11.8 Å². The van der Waals surface area contributed by atoms with E-state index in [2.05, 4.69) is 0 Å². The first-order valence-corrected chi connectivity index (χ1v) is 7.38. The molecule has 0 saturated heterocycles. The molecular formula is C13H20N4O3S. The van der Waals surface area contributed by atoms with Gasteiger partial charge in [-0.2, -0.15) is 10.5 Å². The van der Waals surface area contributed by atoms with E-state index in [1.165, 1.54) is 4.90 Å². The molecule has 0 unspecified atom stereocenters. The fraction of sp³-hybridized carbons (Fsp3) is 0.692. The molecular weight excluding hydrogens is 292 g/mol. The zero-order chi connectivity index (χ0) is 16.5. The third-order valence-electron chi connectivity index (χ3n) is 2.92. The molecule has 1 atom stereocenters. The Balaban J connectivity index is 4.58. The summed E-state index contributed by atoms with van der Waals surface area (Å²) in [5, 5.41) is 26.1. The topological polar surface area (TPSA) is 131 Å². The molecule has 0 rings (SSSR count). The van der Waals surface area contributed by atoms with Crippen LogP contribution in [0.15, 0.2) is 0 Å².